The fourth-order valence-electron chi connectivity index (χ4n) is 3.92. The predicted octanol–water partition coefficient (Wildman–Crippen LogP) is 2.80. The molecule has 1 aromatic rings. The van der Waals surface area contributed by atoms with Gasteiger partial charge in [-0.25, -0.2) is 0 Å². The van der Waals surface area contributed by atoms with Crippen LogP contribution in [0.3, 0.4) is 0 Å². The van der Waals surface area contributed by atoms with Crippen molar-refractivity contribution in [3.63, 3.8) is 0 Å². The third kappa shape index (κ3) is 4.06. The summed E-state index contributed by atoms with van der Waals surface area (Å²) in [6.45, 7) is 5.52. The van der Waals surface area contributed by atoms with Gasteiger partial charge in [0.2, 0.25) is 0 Å². The van der Waals surface area contributed by atoms with Crippen LogP contribution >= 0.6 is 0 Å². The molecule has 0 radical (unpaired) electrons. The van der Waals surface area contributed by atoms with E-state index in [4.69, 9.17) is 4.74 Å². The summed E-state index contributed by atoms with van der Waals surface area (Å²) < 4.78 is 5.24. The first-order chi connectivity index (χ1) is 10.3. The quantitative estimate of drug-likeness (QED) is 0.901. The Kier molecular flexibility index (Phi) is 5.28. The van der Waals surface area contributed by atoms with E-state index in [1.54, 1.807) is 7.11 Å². The number of likely N-dealkylation sites (tertiary alicyclic amines) is 1. The van der Waals surface area contributed by atoms with Crippen LogP contribution in [0.15, 0.2) is 24.3 Å². The Labute approximate surface area is 128 Å². The fraction of sp³-hybridized carbons (Fsp3) is 0.667. The van der Waals surface area contributed by atoms with E-state index >= 15 is 0 Å². The molecule has 0 aliphatic carbocycles. The molecule has 2 aliphatic rings. The number of ether oxygens (including phenoxy) is 1. The van der Waals surface area contributed by atoms with E-state index < -0.39 is 0 Å². The lowest BCUT2D eigenvalue weighted by molar-refractivity contribution is 0.145. The molecule has 3 heteroatoms. The summed E-state index contributed by atoms with van der Waals surface area (Å²) in [6.07, 6.45) is 5.49. The third-order valence-electron chi connectivity index (χ3n) is 4.92. The zero-order chi connectivity index (χ0) is 14.5. The average Bonchev–Trinajstić information content (AvgIpc) is 3.03. The van der Waals surface area contributed by atoms with E-state index in [0.717, 1.165) is 18.5 Å². The summed E-state index contributed by atoms with van der Waals surface area (Å²) in [5.74, 6) is 0.850. The number of methoxy groups -OCH3 is 1. The van der Waals surface area contributed by atoms with Crippen LogP contribution in [0, 0.1) is 5.92 Å². The minimum Gasteiger partial charge on any atom is -0.380 e. The van der Waals surface area contributed by atoms with Gasteiger partial charge < -0.3 is 10.1 Å². The molecule has 21 heavy (non-hydrogen) atoms. The number of hydrogen-bond acceptors (Lipinski definition) is 3. The molecule has 2 unspecified atom stereocenters. The van der Waals surface area contributed by atoms with Crippen LogP contribution in [0.1, 0.15) is 36.8 Å². The lowest BCUT2D eigenvalue weighted by Crippen LogP contribution is -2.43. The van der Waals surface area contributed by atoms with Crippen LogP contribution in [0.5, 0.6) is 0 Å². The highest BCUT2D eigenvalue weighted by Crippen LogP contribution is 2.25. The van der Waals surface area contributed by atoms with E-state index in [9.17, 15) is 0 Å². The minimum atomic E-state index is 0.711. The smallest absolute Gasteiger partial charge is 0.0713 e. The molecule has 2 fully saturated rings. The van der Waals surface area contributed by atoms with E-state index in [2.05, 4.69) is 34.5 Å². The molecule has 2 heterocycles. The van der Waals surface area contributed by atoms with Gasteiger partial charge >= 0.3 is 0 Å². The maximum atomic E-state index is 5.24. The zero-order valence-corrected chi connectivity index (χ0v) is 13.2. The lowest BCUT2D eigenvalue weighted by Gasteiger charge is -2.36. The van der Waals surface area contributed by atoms with Gasteiger partial charge in [-0.1, -0.05) is 24.3 Å². The summed E-state index contributed by atoms with van der Waals surface area (Å²) in [4.78, 5) is 2.64. The Balaban J connectivity index is 1.57. The van der Waals surface area contributed by atoms with Crippen molar-refractivity contribution in [2.75, 3.05) is 26.7 Å². The van der Waals surface area contributed by atoms with Crippen LogP contribution in [0.2, 0.25) is 0 Å². The molecule has 0 aromatic heterocycles. The van der Waals surface area contributed by atoms with Gasteiger partial charge in [-0.05, 0) is 55.8 Å². The SMILES string of the molecule is COCc1cccc(CN2CCCC(C3CCCN3)C2)c1. The monoisotopic (exact) mass is 288 g/mol. The zero-order valence-electron chi connectivity index (χ0n) is 13.2. The van der Waals surface area contributed by atoms with Gasteiger partial charge in [0.05, 0.1) is 6.61 Å². The molecule has 2 saturated heterocycles. The Hall–Kier alpha value is -0.900. The van der Waals surface area contributed by atoms with Crippen LogP contribution in [-0.4, -0.2) is 37.7 Å². The third-order valence-corrected chi connectivity index (χ3v) is 4.92. The Morgan fingerprint density at radius 3 is 2.95 bits per heavy atom. The average molecular weight is 288 g/mol. The number of piperidine rings is 1. The van der Waals surface area contributed by atoms with Crippen LogP contribution < -0.4 is 5.32 Å². The molecule has 0 saturated carbocycles. The van der Waals surface area contributed by atoms with Crippen LogP contribution in [0.4, 0.5) is 0 Å². The first-order valence-corrected chi connectivity index (χ1v) is 8.37. The van der Waals surface area contributed by atoms with Crippen molar-refractivity contribution < 1.29 is 4.74 Å². The normalized spacial score (nSPS) is 27.1. The van der Waals surface area contributed by atoms with Crippen molar-refractivity contribution >= 4 is 0 Å². The molecule has 116 valence electrons. The van der Waals surface area contributed by atoms with Gasteiger partial charge in [0.1, 0.15) is 0 Å². The highest BCUT2D eigenvalue weighted by Gasteiger charge is 2.28. The first kappa shape index (κ1) is 15.0. The molecule has 0 amide bonds. The minimum absolute atomic E-state index is 0.711. The maximum absolute atomic E-state index is 5.24. The second-order valence-corrected chi connectivity index (χ2v) is 6.59. The predicted molar refractivity (Wildman–Crippen MR) is 86.2 cm³/mol. The van der Waals surface area contributed by atoms with Gasteiger partial charge in [0.25, 0.3) is 0 Å². The molecule has 1 aromatic carbocycles. The number of benzene rings is 1. The van der Waals surface area contributed by atoms with Crippen molar-refractivity contribution in [1.29, 1.82) is 0 Å². The summed E-state index contributed by atoms with van der Waals surface area (Å²) >= 11 is 0. The Bertz CT molecular complexity index is 443. The van der Waals surface area contributed by atoms with Crippen LogP contribution in [0.25, 0.3) is 0 Å². The van der Waals surface area contributed by atoms with Crippen molar-refractivity contribution in [2.45, 2.75) is 44.9 Å². The van der Waals surface area contributed by atoms with E-state index in [0.29, 0.717) is 6.61 Å². The van der Waals surface area contributed by atoms with E-state index in [-0.39, 0.29) is 0 Å². The van der Waals surface area contributed by atoms with Crippen molar-refractivity contribution in [1.82, 2.24) is 10.2 Å². The standard InChI is InChI=1S/C18H28N2O/c1-21-14-16-6-2-5-15(11-16)12-20-10-4-7-17(13-20)18-8-3-9-19-18/h2,5-6,11,17-19H,3-4,7-10,12-14H2,1H3. The number of nitrogens with zero attached hydrogens (tertiary/aromatic N) is 1. The molecule has 3 rings (SSSR count). The first-order valence-electron chi connectivity index (χ1n) is 8.37. The summed E-state index contributed by atoms with van der Waals surface area (Å²) in [6, 6.07) is 9.61. The van der Waals surface area contributed by atoms with Crippen molar-refractivity contribution in [2.24, 2.45) is 5.92 Å². The maximum Gasteiger partial charge on any atom is 0.0713 e. The molecule has 0 spiro atoms. The number of nitrogens with one attached hydrogen (secondary N) is 1. The highest BCUT2D eigenvalue weighted by atomic mass is 16.5. The summed E-state index contributed by atoms with van der Waals surface area (Å²) in [7, 11) is 1.76. The van der Waals surface area contributed by atoms with E-state index in [1.807, 2.05) is 0 Å². The lowest BCUT2D eigenvalue weighted by atomic mass is 9.89. The summed E-state index contributed by atoms with van der Waals surface area (Å²) in [5.41, 5.74) is 2.70. The largest absolute Gasteiger partial charge is 0.380 e. The van der Waals surface area contributed by atoms with Crippen molar-refractivity contribution in [3.8, 4) is 0 Å². The van der Waals surface area contributed by atoms with E-state index in [1.165, 1.54) is 56.4 Å². The van der Waals surface area contributed by atoms with Crippen LogP contribution in [-0.2, 0) is 17.9 Å². The second kappa shape index (κ2) is 7.39. The molecule has 2 aliphatic heterocycles. The molecular formula is C18H28N2O. The molecule has 0 bridgehead atoms. The summed E-state index contributed by atoms with van der Waals surface area (Å²) in [5, 5.41) is 3.69. The highest BCUT2D eigenvalue weighted by molar-refractivity contribution is 5.23. The van der Waals surface area contributed by atoms with Crippen molar-refractivity contribution in [3.05, 3.63) is 35.4 Å². The van der Waals surface area contributed by atoms with Gasteiger partial charge in [0, 0.05) is 26.2 Å². The van der Waals surface area contributed by atoms with Gasteiger partial charge in [-0.15, -0.1) is 0 Å². The Morgan fingerprint density at radius 2 is 2.14 bits per heavy atom. The topological polar surface area (TPSA) is 24.5 Å². The van der Waals surface area contributed by atoms with Gasteiger partial charge in [0.15, 0.2) is 0 Å². The number of hydrogen-bond donors (Lipinski definition) is 1. The molecule has 3 nitrogen and oxygen atoms in total. The Morgan fingerprint density at radius 1 is 1.24 bits per heavy atom. The molecular weight excluding hydrogens is 260 g/mol. The fourth-order valence-corrected chi connectivity index (χ4v) is 3.92. The molecule has 1 N–H and O–H groups in total. The van der Waals surface area contributed by atoms with Gasteiger partial charge in [-0.3, -0.25) is 4.90 Å². The number of rotatable bonds is 5. The van der Waals surface area contributed by atoms with Gasteiger partial charge in [-0.2, -0.15) is 0 Å². The second-order valence-electron chi connectivity index (χ2n) is 6.59. The molecule has 2 atom stereocenters.